The molecule has 0 aliphatic carbocycles. The van der Waals surface area contributed by atoms with Crippen LogP contribution in [0.1, 0.15) is 5.56 Å². The van der Waals surface area contributed by atoms with E-state index < -0.39 is 4.92 Å². The lowest BCUT2D eigenvalue weighted by Gasteiger charge is -2.09. The minimum atomic E-state index is -0.468. The molecule has 0 aliphatic heterocycles. The summed E-state index contributed by atoms with van der Waals surface area (Å²) in [4.78, 5) is 14.5. The molecule has 19 heavy (non-hydrogen) atoms. The summed E-state index contributed by atoms with van der Waals surface area (Å²) in [5.41, 5.74) is 3.92. The van der Waals surface area contributed by atoms with Crippen LogP contribution in [0.3, 0.4) is 0 Å². The summed E-state index contributed by atoms with van der Waals surface area (Å²) in [5.74, 6) is 5.27. The Morgan fingerprint density at radius 1 is 1.21 bits per heavy atom. The Kier molecular flexibility index (Phi) is 3.89. The second kappa shape index (κ2) is 5.78. The van der Waals surface area contributed by atoms with Gasteiger partial charge < -0.3 is 10.7 Å². The lowest BCUT2D eigenvalue weighted by molar-refractivity contribution is -0.383. The molecule has 0 bridgehead atoms. The Labute approximate surface area is 109 Å². The first-order valence-electron chi connectivity index (χ1n) is 5.59. The molecule has 0 amide bonds. The van der Waals surface area contributed by atoms with Crippen molar-refractivity contribution in [3.05, 3.63) is 58.4 Å². The number of hydrazine groups is 1. The van der Waals surface area contributed by atoms with E-state index in [0.29, 0.717) is 12.2 Å². The van der Waals surface area contributed by atoms with Gasteiger partial charge in [-0.25, -0.2) is 0 Å². The fourth-order valence-electron chi connectivity index (χ4n) is 1.70. The van der Waals surface area contributed by atoms with E-state index in [1.54, 1.807) is 30.6 Å². The van der Waals surface area contributed by atoms with Crippen molar-refractivity contribution in [3.63, 3.8) is 0 Å². The monoisotopic (exact) mass is 259 g/mol. The summed E-state index contributed by atoms with van der Waals surface area (Å²) in [6.07, 6.45) is 3.34. The van der Waals surface area contributed by atoms with Crippen LogP contribution in [0.25, 0.3) is 0 Å². The van der Waals surface area contributed by atoms with Crippen LogP contribution in [0, 0.1) is 10.1 Å². The number of pyridine rings is 1. The van der Waals surface area contributed by atoms with Crippen LogP contribution < -0.4 is 16.6 Å². The first kappa shape index (κ1) is 12.8. The molecule has 4 N–H and O–H groups in total. The van der Waals surface area contributed by atoms with Gasteiger partial charge >= 0.3 is 5.69 Å². The largest absolute Gasteiger partial charge is 0.375 e. The van der Waals surface area contributed by atoms with Gasteiger partial charge in [0.25, 0.3) is 0 Å². The number of hydrogen-bond donors (Lipinski definition) is 3. The fourth-order valence-corrected chi connectivity index (χ4v) is 1.70. The average molecular weight is 259 g/mol. The van der Waals surface area contributed by atoms with Gasteiger partial charge in [-0.2, -0.15) is 0 Å². The summed E-state index contributed by atoms with van der Waals surface area (Å²) in [5, 5.41) is 14.1. The number of rotatable bonds is 5. The number of para-hydroxylation sites is 1. The van der Waals surface area contributed by atoms with E-state index in [9.17, 15) is 10.1 Å². The van der Waals surface area contributed by atoms with Gasteiger partial charge in [0.05, 0.1) is 4.92 Å². The van der Waals surface area contributed by atoms with Crippen molar-refractivity contribution in [3.8, 4) is 0 Å². The summed E-state index contributed by atoms with van der Waals surface area (Å²) >= 11 is 0. The van der Waals surface area contributed by atoms with Crippen LogP contribution in [-0.4, -0.2) is 9.91 Å². The van der Waals surface area contributed by atoms with Crippen molar-refractivity contribution in [2.75, 3.05) is 10.7 Å². The second-order valence-electron chi connectivity index (χ2n) is 3.81. The van der Waals surface area contributed by atoms with Gasteiger partial charge in [0.15, 0.2) is 0 Å². The highest BCUT2D eigenvalue weighted by molar-refractivity contribution is 5.75. The predicted octanol–water partition coefficient (Wildman–Crippen LogP) is 1.89. The molecule has 0 radical (unpaired) electrons. The summed E-state index contributed by atoms with van der Waals surface area (Å²) in [7, 11) is 0. The van der Waals surface area contributed by atoms with Crippen molar-refractivity contribution >= 4 is 17.1 Å². The first-order chi connectivity index (χ1) is 9.22. The normalized spacial score (nSPS) is 9.95. The van der Waals surface area contributed by atoms with Crippen LogP contribution in [0.4, 0.5) is 17.1 Å². The number of nitrogens with zero attached hydrogens (tertiary/aromatic N) is 2. The van der Waals surface area contributed by atoms with Gasteiger partial charge in [0.1, 0.15) is 11.4 Å². The van der Waals surface area contributed by atoms with Crippen LogP contribution in [0.2, 0.25) is 0 Å². The molecule has 7 heteroatoms. The summed E-state index contributed by atoms with van der Waals surface area (Å²) in [6, 6.07) is 8.56. The fraction of sp³-hybridized carbons (Fsp3) is 0.0833. The third kappa shape index (κ3) is 2.96. The third-order valence-electron chi connectivity index (χ3n) is 2.61. The zero-order chi connectivity index (χ0) is 13.7. The van der Waals surface area contributed by atoms with Gasteiger partial charge in [0, 0.05) is 18.9 Å². The number of nitrogens with two attached hydrogens (primary N) is 1. The zero-order valence-corrected chi connectivity index (χ0v) is 10.0. The van der Waals surface area contributed by atoms with E-state index in [1.165, 1.54) is 0 Å². The number of nitro groups is 1. The maximum Gasteiger partial charge on any atom is 0.316 e. The second-order valence-corrected chi connectivity index (χ2v) is 3.81. The molecule has 1 heterocycles. The number of nitrogens with one attached hydrogen (secondary N) is 2. The van der Waals surface area contributed by atoms with Crippen LogP contribution in [0.5, 0.6) is 0 Å². The molecule has 1 aromatic carbocycles. The molecule has 98 valence electrons. The van der Waals surface area contributed by atoms with E-state index >= 15 is 0 Å². The van der Waals surface area contributed by atoms with E-state index in [1.807, 2.05) is 12.1 Å². The van der Waals surface area contributed by atoms with Crippen molar-refractivity contribution in [2.45, 2.75) is 6.54 Å². The maximum atomic E-state index is 11.1. The Hall–Kier alpha value is -2.67. The molecule has 2 rings (SSSR count). The number of nitrogen functional groups attached to an aromatic ring is 1. The molecule has 0 unspecified atom stereocenters. The highest BCUT2D eigenvalue weighted by Crippen LogP contribution is 2.32. The van der Waals surface area contributed by atoms with Gasteiger partial charge in [-0.05, 0) is 29.8 Å². The maximum absolute atomic E-state index is 11.1. The topological polar surface area (TPSA) is 106 Å². The third-order valence-corrected chi connectivity index (χ3v) is 2.61. The molecule has 0 aliphatic rings. The molecule has 0 saturated heterocycles. The molecular weight excluding hydrogens is 246 g/mol. The van der Waals surface area contributed by atoms with E-state index in [2.05, 4.69) is 15.7 Å². The predicted molar refractivity (Wildman–Crippen MR) is 72.5 cm³/mol. The lowest BCUT2D eigenvalue weighted by atomic mass is 10.2. The van der Waals surface area contributed by atoms with Gasteiger partial charge in [-0.3, -0.25) is 20.9 Å². The number of benzene rings is 1. The van der Waals surface area contributed by atoms with Crippen molar-refractivity contribution in [2.24, 2.45) is 5.84 Å². The van der Waals surface area contributed by atoms with E-state index in [-0.39, 0.29) is 11.4 Å². The van der Waals surface area contributed by atoms with Gasteiger partial charge in [0.2, 0.25) is 0 Å². The molecule has 0 fully saturated rings. The van der Waals surface area contributed by atoms with Crippen LogP contribution in [-0.2, 0) is 6.54 Å². The van der Waals surface area contributed by atoms with Crippen LogP contribution in [0.15, 0.2) is 42.7 Å². The number of aromatic nitrogens is 1. The van der Waals surface area contributed by atoms with E-state index in [0.717, 1.165) is 5.56 Å². The highest BCUT2D eigenvalue weighted by atomic mass is 16.6. The number of anilines is 2. The quantitative estimate of drug-likeness (QED) is 0.430. The van der Waals surface area contributed by atoms with Crippen molar-refractivity contribution in [1.29, 1.82) is 0 Å². The lowest BCUT2D eigenvalue weighted by Crippen LogP contribution is -2.11. The molecule has 1 aromatic heterocycles. The molecule has 0 atom stereocenters. The Morgan fingerprint density at radius 3 is 2.53 bits per heavy atom. The summed E-state index contributed by atoms with van der Waals surface area (Å²) < 4.78 is 0. The van der Waals surface area contributed by atoms with Gasteiger partial charge in [-0.15, -0.1) is 0 Å². The average Bonchev–Trinajstić information content (AvgIpc) is 2.45. The number of nitro benzene ring substituents is 1. The zero-order valence-electron chi connectivity index (χ0n) is 10.0. The van der Waals surface area contributed by atoms with Gasteiger partial charge in [-0.1, -0.05) is 6.07 Å². The summed E-state index contributed by atoms with van der Waals surface area (Å²) in [6.45, 7) is 0.470. The first-order valence-corrected chi connectivity index (χ1v) is 5.59. The minimum Gasteiger partial charge on any atom is -0.375 e. The molecule has 7 nitrogen and oxygen atoms in total. The SMILES string of the molecule is NNc1cccc(NCc2ccncc2)c1[N+](=O)[O-]. The Bertz CT molecular complexity index is 574. The van der Waals surface area contributed by atoms with Crippen molar-refractivity contribution < 1.29 is 4.92 Å². The van der Waals surface area contributed by atoms with Crippen LogP contribution >= 0.6 is 0 Å². The molecule has 2 aromatic rings. The standard InChI is InChI=1S/C12H13N5O2/c13-16-11-3-1-2-10(12(11)17(18)19)15-8-9-4-6-14-7-5-9/h1-7,15-16H,8,13H2. The Balaban J connectivity index is 2.23. The number of hydrogen-bond acceptors (Lipinski definition) is 6. The smallest absolute Gasteiger partial charge is 0.316 e. The van der Waals surface area contributed by atoms with Crippen molar-refractivity contribution in [1.82, 2.24) is 4.98 Å². The minimum absolute atomic E-state index is 0.0703. The Morgan fingerprint density at radius 2 is 1.89 bits per heavy atom. The molecule has 0 saturated carbocycles. The molecular formula is C12H13N5O2. The van der Waals surface area contributed by atoms with E-state index in [4.69, 9.17) is 5.84 Å². The highest BCUT2D eigenvalue weighted by Gasteiger charge is 2.18. The molecule has 0 spiro atoms.